The molecule has 4 aromatic rings. The Bertz CT molecular complexity index is 1610. The molecule has 4 heterocycles. The van der Waals surface area contributed by atoms with Gasteiger partial charge >= 0.3 is 0 Å². The minimum atomic E-state index is -0.538. The summed E-state index contributed by atoms with van der Waals surface area (Å²) in [5, 5.41) is 10.6. The van der Waals surface area contributed by atoms with Crippen LogP contribution in [0.4, 0.5) is 0 Å². The molecule has 2 bridgehead atoms. The van der Waals surface area contributed by atoms with E-state index in [9.17, 15) is 4.79 Å². The van der Waals surface area contributed by atoms with Gasteiger partial charge in [-0.05, 0) is 48.7 Å². The molecule has 0 spiro atoms. The van der Waals surface area contributed by atoms with Crippen molar-refractivity contribution in [2.75, 3.05) is 6.61 Å². The van der Waals surface area contributed by atoms with Gasteiger partial charge in [-0.2, -0.15) is 10.2 Å². The van der Waals surface area contributed by atoms with Gasteiger partial charge in [0, 0.05) is 24.2 Å². The molecule has 2 saturated heterocycles. The van der Waals surface area contributed by atoms with Crippen molar-refractivity contribution in [3.63, 3.8) is 0 Å². The standard InChI is InChI=1S/C24H23N7O3S2/c1-29-20(11-30-16-8-4-2-6-13(16)21(32)14-7-3-5-9-17(14)30)28-31(24(29)36)18-10-15(26-27-23(25)35)22-33-12-19(18)34-22/h2-9,18-19,22H,10-12H2,1H3,(H3,25,27,35)/b26-15-/t18-,19+,22+/m1/s1. The van der Waals surface area contributed by atoms with Crippen molar-refractivity contribution in [2.24, 2.45) is 17.9 Å². The molecular formula is C24H23N7O3S2. The van der Waals surface area contributed by atoms with E-state index in [0.29, 0.717) is 40.8 Å². The van der Waals surface area contributed by atoms with E-state index >= 15 is 0 Å². The fourth-order valence-corrected chi connectivity index (χ4v) is 5.28. The molecule has 184 valence electrons. The third kappa shape index (κ3) is 3.73. The van der Waals surface area contributed by atoms with Crippen molar-refractivity contribution in [2.45, 2.75) is 31.4 Å². The van der Waals surface area contributed by atoms with Crippen LogP contribution in [0.5, 0.6) is 0 Å². The average Bonchev–Trinajstić information content (AvgIpc) is 3.43. The highest BCUT2D eigenvalue weighted by Gasteiger charge is 2.44. The lowest BCUT2D eigenvalue weighted by Gasteiger charge is -2.28. The van der Waals surface area contributed by atoms with Crippen molar-refractivity contribution in [1.29, 1.82) is 0 Å². The van der Waals surface area contributed by atoms with Crippen LogP contribution in [0.15, 0.2) is 58.4 Å². The molecule has 2 aromatic heterocycles. The van der Waals surface area contributed by atoms with E-state index in [1.165, 1.54) is 0 Å². The minimum Gasteiger partial charge on any atom is -0.375 e. The van der Waals surface area contributed by atoms with Crippen LogP contribution < -0.4 is 16.6 Å². The van der Waals surface area contributed by atoms with E-state index < -0.39 is 6.29 Å². The second kappa shape index (κ2) is 8.89. The number of aromatic nitrogens is 4. The van der Waals surface area contributed by atoms with Crippen LogP contribution in [0.2, 0.25) is 0 Å². The minimum absolute atomic E-state index is 0.0174. The highest BCUT2D eigenvalue weighted by Crippen LogP contribution is 2.33. The SMILES string of the molecule is Cn1c(Cn2c3ccccc3c(=O)c3ccccc32)nn([C@@H]2C/C(=N/NC(N)=S)[C@H]3OC[C@@H]2O3)c1=S. The highest BCUT2D eigenvalue weighted by atomic mass is 32.1. The van der Waals surface area contributed by atoms with Gasteiger partial charge in [0.05, 0.1) is 35.9 Å². The Morgan fingerprint density at radius 1 is 1.19 bits per heavy atom. The van der Waals surface area contributed by atoms with Crippen LogP contribution in [0.1, 0.15) is 18.3 Å². The number of ether oxygens (including phenoxy) is 2. The normalized spacial score (nSPS) is 22.5. The van der Waals surface area contributed by atoms with Crippen molar-refractivity contribution >= 4 is 57.1 Å². The lowest BCUT2D eigenvalue weighted by Crippen LogP contribution is -2.39. The van der Waals surface area contributed by atoms with E-state index in [1.54, 1.807) is 0 Å². The van der Waals surface area contributed by atoms with Gasteiger partial charge in [-0.1, -0.05) is 24.3 Å². The number of fused-ring (bicyclic) bond motifs is 4. The topological polar surface area (TPSA) is 114 Å². The lowest BCUT2D eigenvalue weighted by atomic mass is 10.0. The molecule has 0 saturated carbocycles. The van der Waals surface area contributed by atoms with Gasteiger partial charge in [0.15, 0.2) is 27.4 Å². The van der Waals surface area contributed by atoms with Gasteiger partial charge in [-0.25, -0.2) is 4.68 Å². The van der Waals surface area contributed by atoms with Gasteiger partial charge < -0.3 is 24.3 Å². The number of pyridine rings is 1. The summed E-state index contributed by atoms with van der Waals surface area (Å²) in [5.41, 5.74) is 10.5. The molecule has 3 atom stereocenters. The quantitative estimate of drug-likeness (QED) is 0.239. The molecule has 2 aliphatic heterocycles. The Balaban J connectivity index is 1.43. The molecule has 2 fully saturated rings. The van der Waals surface area contributed by atoms with Crippen LogP contribution in [-0.4, -0.2) is 48.7 Å². The van der Waals surface area contributed by atoms with Crippen LogP contribution in [-0.2, 0) is 23.1 Å². The first-order chi connectivity index (χ1) is 17.4. The molecule has 10 nitrogen and oxygen atoms in total. The zero-order valence-corrected chi connectivity index (χ0v) is 21.0. The Hall–Kier alpha value is -3.45. The molecule has 36 heavy (non-hydrogen) atoms. The zero-order chi connectivity index (χ0) is 25.0. The molecular weight excluding hydrogens is 498 g/mol. The van der Waals surface area contributed by atoms with Crippen molar-refractivity contribution < 1.29 is 9.47 Å². The van der Waals surface area contributed by atoms with Crippen molar-refractivity contribution in [1.82, 2.24) is 24.3 Å². The van der Waals surface area contributed by atoms with E-state index in [1.807, 2.05) is 64.8 Å². The number of rotatable bonds is 4. The number of para-hydroxylation sites is 2. The fourth-order valence-electron chi connectivity index (χ4n) is 4.95. The fraction of sp³-hybridized carbons (Fsp3) is 0.292. The first-order valence-corrected chi connectivity index (χ1v) is 12.3. The average molecular weight is 522 g/mol. The smallest absolute Gasteiger partial charge is 0.199 e. The number of hydrogen-bond donors (Lipinski definition) is 2. The van der Waals surface area contributed by atoms with Crippen LogP contribution >= 0.6 is 24.4 Å². The van der Waals surface area contributed by atoms with E-state index in [2.05, 4.69) is 15.1 Å². The molecule has 0 unspecified atom stereocenters. The first-order valence-electron chi connectivity index (χ1n) is 11.5. The molecule has 0 amide bonds. The van der Waals surface area contributed by atoms with Gasteiger partial charge in [-0.15, -0.1) is 0 Å². The van der Waals surface area contributed by atoms with E-state index in [4.69, 9.17) is 44.7 Å². The number of hydrazone groups is 1. The van der Waals surface area contributed by atoms with Gasteiger partial charge in [-0.3, -0.25) is 10.2 Å². The zero-order valence-electron chi connectivity index (χ0n) is 19.3. The Labute approximate surface area is 215 Å². The molecule has 2 aromatic carbocycles. The first kappa shape index (κ1) is 23.0. The molecule has 3 N–H and O–H groups in total. The number of nitrogens with one attached hydrogen (secondary N) is 1. The van der Waals surface area contributed by atoms with Gasteiger partial charge in [0.2, 0.25) is 0 Å². The van der Waals surface area contributed by atoms with Crippen molar-refractivity contribution in [3.05, 3.63) is 69.3 Å². The maximum atomic E-state index is 13.1. The van der Waals surface area contributed by atoms with Crippen LogP contribution in [0.25, 0.3) is 21.8 Å². The molecule has 2 aliphatic rings. The maximum absolute atomic E-state index is 13.1. The molecule has 12 heteroatoms. The molecule has 0 radical (unpaired) electrons. The monoisotopic (exact) mass is 521 g/mol. The Morgan fingerprint density at radius 3 is 2.53 bits per heavy atom. The highest BCUT2D eigenvalue weighted by molar-refractivity contribution is 7.80. The summed E-state index contributed by atoms with van der Waals surface area (Å²) in [7, 11) is 1.90. The largest absolute Gasteiger partial charge is 0.375 e. The number of hydrogen-bond acceptors (Lipinski definition) is 7. The van der Waals surface area contributed by atoms with Gasteiger partial charge in [0.1, 0.15) is 6.10 Å². The second-order valence-corrected chi connectivity index (χ2v) is 9.65. The lowest BCUT2D eigenvalue weighted by molar-refractivity contribution is -0.0323. The summed E-state index contributed by atoms with van der Waals surface area (Å²) in [4.78, 5) is 13.1. The summed E-state index contributed by atoms with van der Waals surface area (Å²) in [6.45, 7) is 0.833. The third-order valence-electron chi connectivity index (χ3n) is 6.73. The second-order valence-electron chi connectivity index (χ2n) is 8.84. The number of benzene rings is 2. The predicted octanol–water partition coefficient (Wildman–Crippen LogP) is 2.34. The van der Waals surface area contributed by atoms with Gasteiger partial charge in [0.25, 0.3) is 0 Å². The third-order valence-corrected chi connectivity index (χ3v) is 7.28. The Morgan fingerprint density at radius 2 is 1.86 bits per heavy atom. The number of thiocarbonyl (C=S) groups is 1. The van der Waals surface area contributed by atoms with E-state index in [-0.39, 0.29) is 22.7 Å². The summed E-state index contributed by atoms with van der Waals surface area (Å²) in [5.74, 6) is 0.750. The van der Waals surface area contributed by atoms with E-state index in [0.717, 1.165) is 16.9 Å². The number of nitrogens with zero attached hydrogens (tertiary/aromatic N) is 5. The summed E-state index contributed by atoms with van der Waals surface area (Å²) < 4.78 is 18.2. The molecule has 0 aliphatic carbocycles. The summed E-state index contributed by atoms with van der Waals surface area (Å²) in [6.07, 6.45) is -0.216. The summed E-state index contributed by atoms with van der Waals surface area (Å²) in [6, 6.07) is 15.0. The van der Waals surface area contributed by atoms with Crippen LogP contribution in [0, 0.1) is 4.77 Å². The Kier molecular flexibility index (Phi) is 5.67. The predicted molar refractivity (Wildman–Crippen MR) is 142 cm³/mol. The molecule has 6 rings (SSSR count). The number of nitrogens with two attached hydrogens (primary N) is 1. The summed E-state index contributed by atoms with van der Waals surface area (Å²) >= 11 is 10.7. The van der Waals surface area contributed by atoms with Crippen LogP contribution in [0.3, 0.4) is 0 Å². The van der Waals surface area contributed by atoms with Crippen molar-refractivity contribution in [3.8, 4) is 0 Å². The maximum Gasteiger partial charge on any atom is 0.199 e.